The number of hydrogen-bond donors (Lipinski definition) is 1. The lowest BCUT2D eigenvalue weighted by molar-refractivity contribution is -0.112. The number of amides is 1. The highest BCUT2D eigenvalue weighted by molar-refractivity contribution is 7.99. The van der Waals surface area contributed by atoms with Gasteiger partial charge < -0.3 is 4.74 Å². The van der Waals surface area contributed by atoms with Crippen LogP contribution in [0.5, 0.6) is 5.75 Å². The lowest BCUT2D eigenvalue weighted by Gasteiger charge is -2.04. The van der Waals surface area contributed by atoms with E-state index >= 15 is 0 Å². The van der Waals surface area contributed by atoms with Gasteiger partial charge in [-0.25, -0.2) is 4.98 Å². The highest BCUT2D eigenvalue weighted by atomic mass is 32.2. The first kappa shape index (κ1) is 21.1. The minimum absolute atomic E-state index is 0.148. The lowest BCUT2D eigenvalue weighted by atomic mass is 10.1. The molecule has 3 rings (SSSR count). The summed E-state index contributed by atoms with van der Waals surface area (Å²) >= 11 is 3.26. The van der Waals surface area contributed by atoms with Crippen LogP contribution in [0.2, 0.25) is 0 Å². The molecular formula is C23H24N2O2S2. The molecule has 29 heavy (non-hydrogen) atoms. The van der Waals surface area contributed by atoms with Crippen LogP contribution < -0.4 is 10.1 Å². The zero-order valence-corrected chi connectivity index (χ0v) is 18.4. The maximum Gasteiger partial charge on any atom is 0.253 e. The minimum atomic E-state index is -0.148. The van der Waals surface area contributed by atoms with Gasteiger partial charge in [0.05, 0.1) is 12.8 Å². The number of hydrogen-bond acceptors (Lipinski definition) is 5. The second kappa shape index (κ2) is 10.3. The third kappa shape index (κ3) is 5.95. The predicted octanol–water partition coefficient (Wildman–Crippen LogP) is 6.36. The average Bonchev–Trinajstić information content (AvgIpc) is 3.21. The zero-order chi connectivity index (χ0) is 20.6. The summed E-state index contributed by atoms with van der Waals surface area (Å²) < 4.78 is 5.18. The van der Waals surface area contributed by atoms with Gasteiger partial charge in [0.25, 0.3) is 5.91 Å². The Bertz CT molecular complexity index is 977. The molecule has 4 nitrogen and oxygen atoms in total. The molecule has 0 atom stereocenters. The van der Waals surface area contributed by atoms with Crippen LogP contribution in [0.25, 0.3) is 17.3 Å². The average molecular weight is 425 g/mol. The summed E-state index contributed by atoms with van der Waals surface area (Å²) in [5.41, 5.74) is 3.46. The first-order valence-corrected chi connectivity index (χ1v) is 11.3. The van der Waals surface area contributed by atoms with E-state index in [0.29, 0.717) is 10.7 Å². The van der Waals surface area contributed by atoms with Crippen molar-refractivity contribution in [2.75, 3.05) is 18.2 Å². The number of methoxy groups -OCH3 is 1. The Balaban J connectivity index is 1.63. The number of aromatic nitrogens is 1. The molecule has 1 amide bonds. The summed E-state index contributed by atoms with van der Waals surface area (Å²) in [6.45, 7) is 3.99. The van der Waals surface area contributed by atoms with Gasteiger partial charge in [-0.1, -0.05) is 19.1 Å². The van der Waals surface area contributed by atoms with Crippen molar-refractivity contribution in [3.63, 3.8) is 0 Å². The molecular weight excluding hydrogens is 400 g/mol. The summed E-state index contributed by atoms with van der Waals surface area (Å²) in [7, 11) is 1.64. The molecule has 1 aromatic heterocycles. The van der Waals surface area contributed by atoms with E-state index in [1.807, 2.05) is 66.5 Å². The number of rotatable bonds is 8. The van der Waals surface area contributed by atoms with Crippen molar-refractivity contribution in [2.24, 2.45) is 0 Å². The molecule has 1 N–H and O–H groups in total. The summed E-state index contributed by atoms with van der Waals surface area (Å²) in [6.07, 6.45) is 3.05. The molecule has 0 unspecified atom stereocenters. The van der Waals surface area contributed by atoms with Crippen molar-refractivity contribution in [1.29, 1.82) is 0 Å². The van der Waals surface area contributed by atoms with Gasteiger partial charge in [0.15, 0.2) is 5.13 Å². The van der Waals surface area contributed by atoms with Crippen LogP contribution in [-0.2, 0) is 4.79 Å². The molecule has 0 saturated carbocycles. The van der Waals surface area contributed by atoms with Gasteiger partial charge in [0.2, 0.25) is 0 Å². The number of nitrogens with one attached hydrogen (secondary N) is 1. The van der Waals surface area contributed by atoms with E-state index in [1.54, 1.807) is 7.11 Å². The van der Waals surface area contributed by atoms with Crippen LogP contribution in [0.3, 0.4) is 0 Å². The number of carbonyl (C=O) groups is 1. The quantitative estimate of drug-likeness (QED) is 0.337. The van der Waals surface area contributed by atoms with Gasteiger partial charge in [-0.15, -0.1) is 23.1 Å². The molecule has 0 spiro atoms. The molecule has 0 aliphatic carbocycles. The van der Waals surface area contributed by atoms with Gasteiger partial charge in [0, 0.05) is 21.4 Å². The highest BCUT2D eigenvalue weighted by Crippen LogP contribution is 2.27. The standard InChI is InChI=1S/C23H24N2O2S2/c1-4-13-28-20-11-5-17(6-12-20)14-16(2)22(26)25-23-24-21(15-29-23)18-7-9-19(27-3)10-8-18/h5-12,14-15H,4,13H2,1-3H3,(H,24,25,26). The molecule has 0 aliphatic heterocycles. The number of nitrogens with zero attached hydrogens (tertiary/aromatic N) is 1. The van der Waals surface area contributed by atoms with Crippen molar-refractivity contribution < 1.29 is 9.53 Å². The van der Waals surface area contributed by atoms with Crippen molar-refractivity contribution >= 4 is 40.2 Å². The Morgan fingerprint density at radius 3 is 2.55 bits per heavy atom. The van der Waals surface area contributed by atoms with Crippen LogP contribution in [0, 0.1) is 0 Å². The largest absolute Gasteiger partial charge is 0.497 e. The van der Waals surface area contributed by atoms with E-state index in [9.17, 15) is 4.79 Å². The van der Waals surface area contributed by atoms with E-state index in [1.165, 1.54) is 16.2 Å². The van der Waals surface area contributed by atoms with Crippen LogP contribution in [0.1, 0.15) is 25.8 Å². The fourth-order valence-corrected chi connectivity index (χ4v) is 4.10. The number of thioether (sulfide) groups is 1. The Hall–Kier alpha value is -2.57. The number of anilines is 1. The number of benzene rings is 2. The van der Waals surface area contributed by atoms with Crippen molar-refractivity contribution in [3.05, 3.63) is 65.0 Å². The molecule has 0 saturated heterocycles. The SMILES string of the molecule is CCCSc1ccc(C=C(C)C(=O)Nc2nc(-c3ccc(OC)cc3)cs2)cc1. The van der Waals surface area contributed by atoms with E-state index in [2.05, 4.69) is 29.4 Å². The fourth-order valence-electron chi connectivity index (χ4n) is 2.62. The molecule has 0 bridgehead atoms. The molecule has 0 radical (unpaired) electrons. The first-order valence-electron chi connectivity index (χ1n) is 9.41. The predicted molar refractivity (Wildman–Crippen MR) is 124 cm³/mol. The van der Waals surface area contributed by atoms with E-state index < -0.39 is 0 Å². The molecule has 150 valence electrons. The summed E-state index contributed by atoms with van der Waals surface area (Å²) in [5.74, 6) is 1.77. The third-order valence-corrected chi connectivity index (χ3v) is 6.18. The van der Waals surface area contributed by atoms with E-state index in [0.717, 1.165) is 34.7 Å². The van der Waals surface area contributed by atoms with Gasteiger partial charge >= 0.3 is 0 Å². The highest BCUT2D eigenvalue weighted by Gasteiger charge is 2.10. The first-order chi connectivity index (χ1) is 14.1. The van der Waals surface area contributed by atoms with Crippen molar-refractivity contribution in [2.45, 2.75) is 25.2 Å². The zero-order valence-electron chi connectivity index (χ0n) is 16.8. The monoisotopic (exact) mass is 424 g/mol. The minimum Gasteiger partial charge on any atom is -0.497 e. The topological polar surface area (TPSA) is 51.2 Å². The molecule has 0 fully saturated rings. The Morgan fingerprint density at radius 2 is 1.90 bits per heavy atom. The Kier molecular flexibility index (Phi) is 7.49. The molecule has 0 aliphatic rings. The maximum absolute atomic E-state index is 12.5. The van der Waals surface area contributed by atoms with Crippen molar-refractivity contribution in [3.8, 4) is 17.0 Å². The van der Waals surface area contributed by atoms with E-state index in [-0.39, 0.29) is 5.91 Å². The Morgan fingerprint density at radius 1 is 1.17 bits per heavy atom. The third-order valence-electron chi connectivity index (χ3n) is 4.20. The molecule has 2 aromatic carbocycles. The van der Waals surface area contributed by atoms with Gasteiger partial charge in [0.1, 0.15) is 5.75 Å². The van der Waals surface area contributed by atoms with Crippen molar-refractivity contribution in [1.82, 2.24) is 4.98 Å². The molecule has 3 aromatic rings. The number of ether oxygens (including phenoxy) is 1. The maximum atomic E-state index is 12.5. The number of thiazole rings is 1. The number of carbonyl (C=O) groups excluding carboxylic acids is 1. The van der Waals surface area contributed by atoms with E-state index in [4.69, 9.17) is 4.74 Å². The Labute approximate surface area is 180 Å². The second-order valence-electron chi connectivity index (χ2n) is 6.47. The normalized spacial score (nSPS) is 11.3. The van der Waals surface area contributed by atoms with Crippen LogP contribution in [0.15, 0.2) is 64.4 Å². The molecule has 6 heteroatoms. The summed E-state index contributed by atoms with van der Waals surface area (Å²) in [5, 5.41) is 5.40. The van der Waals surface area contributed by atoms with Crippen LogP contribution in [0.4, 0.5) is 5.13 Å². The van der Waals surface area contributed by atoms with Gasteiger partial charge in [-0.3, -0.25) is 10.1 Å². The summed E-state index contributed by atoms with van der Waals surface area (Å²) in [6, 6.07) is 16.0. The molecule has 1 heterocycles. The fraction of sp³-hybridized carbons (Fsp3) is 0.217. The second-order valence-corrected chi connectivity index (χ2v) is 8.49. The van der Waals surface area contributed by atoms with Gasteiger partial charge in [-0.2, -0.15) is 0 Å². The smallest absolute Gasteiger partial charge is 0.253 e. The summed E-state index contributed by atoms with van der Waals surface area (Å²) in [4.78, 5) is 18.3. The van der Waals surface area contributed by atoms with Crippen LogP contribution in [-0.4, -0.2) is 23.8 Å². The van der Waals surface area contributed by atoms with Gasteiger partial charge in [-0.05, 0) is 67.1 Å². The lowest BCUT2D eigenvalue weighted by Crippen LogP contribution is -2.12. The van der Waals surface area contributed by atoms with Crippen LogP contribution >= 0.6 is 23.1 Å².